The quantitative estimate of drug-likeness (QED) is 0.377. The molecule has 35 heavy (non-hydrogen) atoms. The van der Waals surface area contributed by atoms with Crippen LogP contribution < -0.4 is 15.4 Å². The molecule has 184 valence electrons. The molecule has 1 amide bonds. The second-order valence-electron chi connectivity index (χ2n) is 8.47. The van der Waals surface area contributed by atoms with Gasteiger partial charge in [-0.1, -0.05) is 24.6 Å². The van der Waals surface area contributed by atoms with Gasteiger partial charge in [-0.2, -0.15) is 0 Å². The van der Waals surface area contributed by atoms with Crippen LogP contribution in [-0.4, -0.2) is 47.0 Å². The van der Waals surface area contributed by atoms with Crippen molar-refractivity contribution in [3.05, 3.63) is 59.9 Å². The number of carbonyl (C=O) groups excluding carboxylic acids is 1. The van der Waals surface area contributed by atoms with Gasteiger partial charge >= 0.3 is 0 Å². The summed E-state index contributed by atoms with van der Waals surface area (Å²) in [7, 11) is 2.11. The molecular formula is C25H26ClF2N5O2. The Balaban J connectivity index is 1.62. The van der Waals surface area contributed by atoms with Crippen molar-refractivity contribution in [2.75, 3.05) is 30.8 Å². The molecule has 1 aliphatic heterocycles. The number of amides is 1. The predicted molar refractivity (Wildman–Crippen MR) is 133 cm³/mol. The lowest BCUT2D eigenvalue weighted by atomic mass is 10.0. The number of anilines is 3. The first-order valence-corrected chi connectivity index (χ1v) is 11.7. The van der Waals surface area contributed by atoms with Gasteiger partial charge in [0.25, 0.3) is 5.91 Å². The third kappa shape index (κ3) is 6.04. The average molecular weight is 502 g/mol. The van der Waals surface area contributed by atoms with Crippen LogP contribution in [0.3, 0.4) is 0 Å². The summed E-state index contributed by atoms with van der Waals surface area (Å²) < 4.78 is 33.0. The Morgan fingerprint density at radius 1 is 1.29 bits per heavy atom. The van der Waals surface area contributed by atoms with Gasteiger partial charge in [-0.25, -0.2) is 18.7 Å². The summed E-state index contributed by atoms with van der Waals surface area (Å²) in [5.74, 6) is -1.88. The zero-order valence-corrected chi connectivity index (χ0v) is 20.0. The van der Waals surface area contributed by atoms with Crippen LogP contribution in [0, 0.1) is 5.82 Å². The zero-order valence-electron chi connectivity index (χ0n) is 19.3. The third-order valence-electron chi connectivity index (χ3n) is 6.04. The van der Waals surface area contributed by atoms with Crippen LogP contribution in [-0.2, 0) is 4.79 Å². The minimum absolute atomic E-state index is 0.0398. The Hall–Kier alpha value is -3.30. The zero-order chi connectivity index (χ0) is 24.9. The van der Waals surface area contributed by atoms with E-state index >= 15 is 0 Å². The van der Waals surface area contributed by atoms with Crippen molar-refractivity contribution in [2.45, 2.75) is 31.7 Å². The highest BCUT2D eigenvalue weighted by Gasteiger charge is 2.20. The Kier molecular flexibility index (Phi) is 7.77. The molecule has 0 aliphatic carbocycles. The van der Waals surface area contributed by atoms with E-state index in [9.17, 15) is 13.6 Å². The SMILES string of the molecule is C=C(F)C(=O)Nc1cc2c(Nc3ccc(F)c(Cl)c3)ncnc2cc1OCCC1CCCCN1C. The summed E-state index contributed by atoms with van der Waals surface area (Å²) in [6.07, 6.45) is 5.69. The summed E-state index contributed by atoms with van der Waals surface area (Å²) in [6.45, 7) is 4.54. The number of likely N-dealkylation sites (tertiary alicyclic amines) is 1. The molecule has 10 heteroatoms. The van der Waals surface area contributed by atoms with Gasteiger partial charge in [0.15, 0.2) is 5.83 Å². The van der Waals surface area contributed by atoms with E-state index in [1.165, 1.54) is 37.4 Å². The Morgan fingerprint density at radius 2 is 2.11 bits per heavy atom. The number of ether oxygens (including phenoxy) is 1. The van der Waals surface area contributed by atoms with Crippen LogP contribution in [0.1, 0.15) is 25.7 Å². The number of piperidine rings is 1. The van der Waals surface area contributed by atoms with Gasteiger partial charge in [-0.3, -0.25) is 4.79 Å². The maximum absolute atomic E-state index is 13.5. The summed E-state index contributed by atoms with van der Waals surface area (Å²) in [6, 6.07) is 7.88. The van der Waals surface area contributed by atoms with Gasteiger partial charge in [0.05, 0.1) is 22.8 Å². The maximum atomic E-state index is 13.5. The number of fused-ring (bicyclic) bond motifs is 1. The molecule has 0 spiro atoms. The molecule has 1 aliphatic rings. The van der Waals surface area contributed by atoms with Crippen molar-refractivity contribution in [2.24, 2.45) is 0 Å². The second kappa shape index (κ2) is 11.0. The van der Waals surface area contributed by atoms with Gasteiger partial charge < -0.3 is 20.3 Å². The molecular weight excluding hydrogens is 476 g/mol. The second-order valence-corrected chi connectivity index (χ2v) is 8.88. The fraction of sp³-hybridized carbons (Fsp3) is 0.320. The van der Waals surface area contributed by atoms with Crippen LogP contribution in [0.25, 0.3) is 10.9 Å². The van der Waals surface area contributed by atoms with Crippen molar-refractivity contribution in [1.29, 1.82) is 0 Å². The molecule has 0 saturated carbocycles. The number of carbonyl (C=O) groups is 1. The smallest absolute Gasteiger partial charge is 0.283 e. The van der Waals surface area contributed by atoms with Crippen LogP contribution in [0.4, 0.5) is 26.0 Å². The highest BCUT2D eigenvalue weighted by molar-refractivity contribution is 6.31. The molecule has 0 bridgehead atoms. The molecule has 1 saturated heterocycles. The van der Waals surface area contributed by atoms with E-state index < -0.39 is 17.6 Å². The number of nitrogens with one attached hydrogen (secondary N) is 2. The molecule has 7 nitrogen and oxygen atoms in total. The normalized spacial score (nSPS) is 16.2. The fourth-order valence-corrected chi connectivity index (χ4v) is 4.30. The first-order chi connectivity index (χ1) is 16.8. The van der Waals surface area contributed by atoms with E-state index in [1.54, 1.807) is 12.1 Å². The Morgan fingerprint density at radius 3 is 2.86 bits per heavy atom. The topological polar surface area (TPSA) is 79.4 Å². The molecule has 2 N–H and O–H groups in total. The molecule has 4 rings (SSSR count). The summed E-state index contributed by atoms with van der Waals surface area (Å²) in [4.78, 5) is 23.0. The van der Waals surface area contributed by atoms with E-state index in [4.69, 9.17) is 16.3 Å². The van der Waals surface area contributed by atoms with E-state index in [0.29, 0.717) is 40.8 Å². The lowest BCUT2D eigenvalue weighted by molar-refractivity contribution is -0.114. The first-order valence-electron chi connectivity index (χ1n) is 11.3. The van der Waals surface area contributed by atoms with Crippen molar-refractivity contribution in [1.82, 2.24) is 14.9 Å². The number of halogens is 3. The number of hydrogen-bond acceptors (Lipinski definition) is 6. The van der Waals surface area contributed by atoms with E-state index in [1.807, 2.05) is 0 Å². The van der Waals surface area contributed by atoms with Crippen LogP contribution in [0.2, 0.25) is 5.02 Å². The van der Waals surface area contributed by atoms with Crippen molar-refractivity contribution < 1.29 is 18.3 Å². The first kappa shape index (κ1) is 24.8. The monoisotopic (exact) mass is 501 g/mol. The van der Waals surface area contributed by atoms with E-state index in [-0.39, 0.29) is 10.7 Å². The molecule has 1 aromatic heterocycles. The molecule has 2 heterocycles. The lowest BCUT2D eigenvalue weighted by Crippen LogP contribution is -2.37. The maximum Gasteiger partial charge on any atom is 0.283 e. The van der Waals surface area contributed by atoms with E-state index in [2.05, 4.69) is 39.1 Å². The number of benzene rings is 2. The number of rotatable bonds is 8. The fourth-order valence-electron chi connectivity index (χ4n) is 4.12. The molecule has 1 atom stereocenters. The number of hydrogen-bond donors (Lipinski definition) is 2. The van der Waals surface area contributed by atoms with Crippen LogP contribution in [0.15, 0.2) is 49.1 Å². The standard InChI is InChI=1S/C25H26ClF2N5O2/c1-15(27)25(34)32-22-12-18-21(13-23(22)35-10-8-17-5-3-4-9-33(17)2)29-14-30-24(18)31-16-6-7-20(28)19(26)11-16/h6-7,11-14,17H,1,3-5,8-10H2,2H3,(H,32,34)(H,29,30,31). The predicted octanol–water partition coefficient (Wildman–Crippen LogP) is 5.84. The largest absolute Gasteiger partial charge is 0.491 e. The Bertz CT molecular complexity index is 1260. The number of nitrogens with zero attached hydrogens (tertiary/aromatic N) is 3. The van der Waals surface area contributed by atoms with Gasteiger partial charge in [-0.05, 0) is 57.1 Å². The highest BCUT2D eigenvalue weighted by Crippen LogP contribution is 2.34. The lowest BCUT2D eigenvalue weighted by Gasteiger charge is -2.32. The van der Waals surface area contributed by atoms with Crippen molar-refractivity contribution in [3.8, 4) is 5.75 Å². The number of aromatic nitrogens is 2. The van der Waals surface area contributed by atoms with Gasteiger partial charge in [0.1, 0.15) is 23.7 Å². The molecule has 3 aromatic rings. The van der Waals surface area contributed by atoms with E-state index in [0.717, 1.165) is 19.4 Å². The summed E-state index contributed by atoms with van der Waals surface area (Å²) in [5.41, 5.74) is 1.31. The third-order valence-corrected chi connectivity index (χ3v) is 6.33. The minimum Gasteiger partial charge on any atom is -0.491 e. The van der Waals surface area contributed by atoms with Crippen LogP contribution >= 0.6 is 11.6 Å². The summed E-state index contributed by atoms with van der Waals surface area (Å²) in [5, 5.41) is 6.07. The van der Waals surface area contributed by atoms with Crippen molar-refractivity contribution >= 4 is 45.6 Å². The van der Waals surface area contributed by atoms with Gasteiger partial charge in [-0.15, -0.1) is 0 Å². The highest BCUT2D eigenvalue weighted by atomic mass is 35.5. The van der Waals surface area contributed by atoms with Gasteiger partial charge in [0.2, 0.25) is 0 Å². The molecule has 0 radical (unpaired) electrons. The van der Waals surface area contributed by atoms with Crippen LogP contribution in [0.5, 0.6) is 5.75 Å². The molecule has 1 fully saturated rings. The average Bonchev–Trinajstić information content (AvgIpc) is 2.83. The van der Waals surface area contributed by atoms with Gasteiger partial charge in [0, 0.05) is 23.2 Å². The molecule has 2 aromatic carbocycles. The Labute approximate surface area is 207 Å². The molecule has 1 unspecified atom stereocenters. The summed E-state index contributed by atoms with van der Waals surface area (Å²) >= 11 is 5.89. The minimum atomic E-state index is -1.12. The van der Waals surface area contributed by atoms with Crippen molar-refractivity contribution in [3.63, 3.8) is 0 Å².